The molecule has 3 nitrogen and oxygen atoms in total. The second-order valence-electron chi connectivity index (χ2n) is 4.48. The summed E-state index contributed by atoms with van der Waals surface area (Å²) in [5, 5.41) is 14.1. The molecule has 0 saturated heterocycles. The van der Waals surface area contributed by atoms with Crippen molar-refractivity contribution in [2.75, 3.05) is 13.7 Å². The molecule has 0 bridgehead atoms. The van der Waals surface area contributed by atoms with E-state index in [1.165, 1.54) is 0 Å². The molecule has 1 atom stereocenters. The Morgan fingerprint density at radius 1 is 1.28 bits per heavy atom. The summed E-state index contributed by atoms with van der Waals surface area (Å²) >= 11 is 0. The fourth-order valence-corrected chi connectivity index (χ4v) is 2.44. The van der Waals surface area contributed by atoms with E-state index in [0.717, 1.165) is 29.0 Å². The Kier molecular flexibility index (Phi) is 2.49. The van der Waals surface area contributed by atoms with Crippen LogP contribution in [0.1, 0.15) is 5.56 Å². The molecule has 0 radical (unpaired) electrons. The van der Waals surface area contributed by atoms with Gasteiger partial charge in [0, 0.05) is 18.3 Å². The van der Waals surface area contributed by atoms with Gasteiger partial charge in [-0.2, -0.15) is 0 Å². The third-order valence-electron chi connectivity index (χ3n) is 3.46. The fraction of sp³-hybridized carbons (Fsp3) is 0.200. The Labute approximate surface area is 106 Å². The smallest absolute Gasteiger partial charge is 0.135 e. The molecule has 0 spiro atoms. The van der Waals surface area contributed by atoms with Crippen LogP contribution >= 0.6 is 0 Å². The molecule has 92 valence electrons. The number of methoxy groups -OCH3 is 1. The summed E-state index contributed by atoms with van der Waals surface area (Å²) in [6.07, 6.45) is 7.64. The van der Waals surface area contributed by atoms with Crippen LogP contribution in [0, 0.1) is 0 Å². The minimum absolute atomic E-state index is 0.776. The summed E-state index contributed by atoms with van der Waals surface area (Å²) in [4.78, 5) is 0. The summed E-state index contributed by atoms with van der Waals surface area (Å²) in [6, 6.07) is 7.51. The van der Waals surface area contributed by atoms with Crippen molar-refractivity contribution in [3.63, 3.8) is 0 Å². The van der Waals surface area contributed by atoms with Crippen LogP contribution in [0.5, 0.6) is 5.75 Å². The molecule has 0 aromatic heterocycles. The number of aliphatic hydroxyl groups is 1. The van der Waals surface area contributed by atoms with Crippen LogP contribution in [0.2, 0.25) is 0 Å². The Hall–Kier alpha value is -2.00. The quantitative estimate of drug-likeness (QED) is 0.830. The van der Waals surface area contributed by atoms with E-state index in [1.807, 2.05) is 48.7 Å². The minimum Gasteiger partial charge on any atom is -0.497 e. The molecular formula is C15H15NO2. The maximum atomic E-state index is 10.9. The molecule has 1 aromatic carbocycles. The van der Waals surface area contributed by atoms with Crippen LogP contribution < -0.4 is 10.1 Å². The average molecular weight is 241 g/mol. The predicted molar refractivity (Wildman–Crippen MR) is 70.2 cm³/mol. The summed E-state index contributed by atoms with van der Waals surface area (Å²) in [5.74, 6) is 0.788. The van der Waals surface area contributed by atoms with Gasteiger partial charge in [0.2, 0.25) is 0 Å². The number of nitrogens with one attached hydrogen (secondary N) is 1. The van der Waals surface area contributed by atoms with Gasteiger partial charge in [-0.15, -0.1) is 0 Å². The zero-order valence-electron chi connectivity index (χ0n) is 10.2. The Morgan fingerprint density at radius 3 is 2.78 bits per heavy atom. The van der Waals surface area contributed by atoms with Crippen molar-refractivity contribution in [2.24, 2.45) is 0 Å². The van der Waals surface area contributed by atoms with Crippen molar-refractivity contribution in [3.8, 4) is 5.75 Å². The van der Waals surface area contributed by atoms with E-state index in [2.05, 4.69) is 5.32 Å². The lowest BCUT2D eigenvalue weighted by atomic mass is 9.80. The van der Waals surface area contributed by atoms with Crippen molar-refractivity contribution >= 4 is 0 Å². The molecule has 3 heteroatoms. The zero-order valence-corrected chi connectivity index (χ0v) is 10.2. The first kappa shape index (κ1) is 11.1. The van der Waals surface area contributed by atoms with Gasteiger partial charge in [0.05, 0.1) is 7.11 Å². The largest absolute Gasteiger partial charge is 0.497 e. The highest BCUT2D eigenvalue weighted by Gasteiger charge is 2.36. The molecule has 2 aliphatic rings. The van der Waals surface area contributed by atoms with Gasteiger partial charge in [-0.1, -0.05) is 24.3 Å². The number of allylic oxidation sites excluding steroid dienone is 2. The normalized spacial score (nSPS) is 25.0. The molecule has 1 aromatic rings. The molecule has 3 rings (SSSR count). The minimum atomic E-state index is -1.04. The Balaban J connectivity index is 2.04. The SMILES string of the molecule is COc1ccc(C2(O)C=CC=C3CNC=C32)cc1. The highest BCUT2D eigenvalue weighted by atomic mass is 16.5. The third-order valence-corrected chi connectivity index (χ3v) is 3.46. The van der Waals surface area contributed by atoms with E-state index in [4.69, 9.17) is 4.74 Å². The molecule has 18 heavy (non-hydrogen) atoms. The monoisotopic (exact) mass is 241 g/mol. The molecule has 1 unspecified atom stereocenters. The van der Waals surface area contributed by atoms with Gasteiger partial charge in [0.15, 0.2) is 0 Å². The Morgan fingerprint density at radius 2 is 2.06 bits per heavy atom. The predicted octanol–water partition coefficient (Wildman–Crippen LogP) is 1.87. The summed E-state index contributed by atoms with van der Waals surface area (Å²) in [7, 11) is 1.63. The van der Waals surface area contributed by atoms with Crippen LogP contribution in [-0.2, 0) is 5.60 Å². The maximum absolute atomic E-state index is 10.9. The van der Waals surface area contributed by atoms with Crippen LogP contribution in [0.15, 0.2) is 59.8 Å². The van der Waals surface area contributed by atoms with Gasteiger partial charge in [-0.05, 0) is 29.3 Å². The van der Waals surface area contributed by atoms with Gasteiger partial charge >= 0.3 is 0 Å². The van der Waals surface area contributed by atoms with Crippen molar-refractivity contribution in [2.45, 2.75) is 5.60 Å². The van der Waals surface area contributed by atoms with Crippen molar-refractivity contribution < 1.29 is 9.84 Å². The number of benzene rings is 1. The number of hydrogen-bond acceptors (Lipinski definition) is 3. The van der Waals surface area contributed by atoms with Gasteiger partial charge in [-0.25, -0.2) is 0 Å². The third kappa shape index (κ3) is 1.56. The number of ether oxygens (including phenoxy) is 1. The van der Waals surface area contributed by atoms with E-state index in [9.17, 15) is 5.11 Å². The lowest BCUT2D eigenvalue weighted by Crippen LogP contribution is -2.27. The summed E-state index contributed by atoms with van der Waals surface area (Å²) in [5.41, 5.74) is 1.87. The van der Waals surface area contributed by atoms with Crippen LogP contribution in [0.3, 0.4) is 0 Å². The molecular weight excluding hydrogens is 226 g/mol. The van der Waals surface area contributed by atoms with Crippen molar-refractivity contribution in [1.82, 2.24) is 5.32 Å². The molecule has 0 saturated carbocycles. The van der Waals surface area contributed by atoms with Gasteiger partial charge in [0.25, 0.3) is 0 Å². The van der Waals surface area contributed by atoms with E-state index in [0.29, 0.717) is 0 Å². The van der Waals surface area contributed by atoms with Crippen LogP contribution in [0.25, 0.3) is 0 Å². The Bertz CT molecular complexity index is 554. The second-order valence-corrected chi connectivity index (χ2v) is 4.48. The molecule has 2 N–H and O–H groups in total. The average Bonchev–Trinajstić information content (AvgIpc) is 2.89. The van der Waals surface area contributed by atoms with Crippen LogP contribution in [0.4, 0.5) is 0 Å². The zero-order chi connectivity index (χ0) is 12.6. The maximum Gasteiger partial charge on any atom is 0.135 e. The first-order valence-corrected chi connectivity index (χ1v) is 5.94. The number of hydrogen-bond donors (Lipinski definition) is 2. The molecule has 0 amide bonds. The summed E-state index contributed by atoms with van der Waals surface area (Å²) in [6.45, 7) is 0.776. The van der Waals surface area contributed by atoms with Crippen molar-refractivity contribution in [3.05, 3.63) is 65.4 Å². The van der Waals surface area contributed by atoms with Gasteiger partial charge in [-0.3, -0.25) is 0 Å². The highest BCUT2D eigenvalue weighted by molar-refractivity contribution is 5.55. The number of rotatable bonds is 2. The summed E-state index contributed by atoms with van der Waals surface area (Å²) < 4.78 is 5.14. The first-order valence-electron chi connectivity index (χ1n) is 5.94. The lowest BCUT2D eigenvalue weighted by Gasteiger charge is -2.29. The molecule has 1 heterocycles. The second kappa shape index (κ2) is 4.03. The van der Waals surface area contributed by atoms with E-state index in [-0.39, 0.29) is 0 Å². The topological polar surface area (TPSA) is 41.5 Å². The van der Waals surface area contributed by atoms with Gasteiger partial charge in [0.1, 0.15) is 11.4 Å². The van der Waals surface area contributed by atoms with Crippen molar-refractivity contribution in [1.29, 1.82) is 0 Å². The standard InChI is InChI=1S/C15H15NO2/c1-18-13-6-4-12(5-7-13)15(17)8-2-3-11-9-16-10-14(11)15/h2-8,10,16-17H,9H2,1H3. The van der Waals surface area contributed by atoms with Crippen LogP contribution in [-0.4, -0.2) is 18.8 Å². The van der Waals surface area contributed by atoms with Gasteiger partial charge < -0.3 is 15.2 Å². The molecule has 1 aliphatic heterocycles. The highest BCUT2D eigenvalue weighted by Crippen LogP contribution is 2.39. The fourth-order valence-electron chi connectivity index (χ4n) is 2.44. The van der Waals surface area contributed by atoms with E-state index >= 15 is 0 Å². The van der Waals surface area contributed by atoms with E-state index < -0.39 is 5.60 Å². The lowest BCUT2D eigenvalue weighted by molar-refractivity contribution is 0.131. The van der Waals surface area contributed by atoms with E-state index in [1.54, 1.807) is 7.11 Å². The molecule has 0 fully saturated rings. The number of fused-ring (bicyclic) bond motifs is 1. The first-order chi connectivity index (χ1) is 8.74. The molecule has 1 aliphatic carbocycles.